The van der Waals surface area contributed by atoms with Gasteiger partial charge in [0.05, 0.1) is 30.3 Å². The molecule has 1 radical (unpaired) electrons. The van der Waals surface area contributed by atoms with Crippen LogP contribution in [0.1, 0.15) is 51.4 Å². The summed E-state index contributed by atoms with van der Waals surface area (Å²) in [5, 5.41) is 45.7. The maximum Gasteiger partial charge on any atom is 0.206 e. The molecular formula is C17H21N7Na. The van der Waals surface area contributed by atoms with Crippen LogP contribution in [0.15, 0.2) is 0 Å². The Hall–Kier alpha value is -1.63. The van der Waals surface area contributed by atoms with E-state index in [-0.39, 0.29) is 42.4 Å². The monoisotopic (exact) mass is 346 g/mol. The van der Waals surface area contributed by atoms with E-state index in [2.05, 4.69) is 0 Å². The van der Waals surface area contributed by atoms with Gasteiger partial charge in [-0.3, -0.25) is 0 Å². The van der Waals surface area contributed by atoms with Crippen molar-refractivity contribution in [1.82, 2.24) is 0 Å². The predicted molar refractivity (Wildman–Crippen MR) is 90.5 cm³/mol. The van der Waals surface area contributed by atoms with E-state index in [4.69, 9.17) is 27.3 Å². The van der Waals surface area contributed by atoms with Gasteiger partial charge in [-0.15, -0.1) is 0 Å². The molecule has 0 saturated heterocycles. The van der Waals surface area contributed by atoms with Crippen LogP contribution < -0.4 is 11.5 Å². The van der Waals surface area contributed by atoms with Crippen molar-refractivity contribution >= 4 is 29.6 Å². The summed E-state index contributed by atoms with van der Waals surface area (Å²) in [5.41, 5.74) is 5.66. The molecule has 2 saturated carbocycles. The zero-order valence-electron chi connectivity index (χ0n) is 14.6. The third-order valence-corrected chi connectivity index (χ3v) is 5.00. The van der Waals surface area contributed by atoms with Crippen LogP contribution in [0.5, 0.6) is 0 Å². The van der Waals surface area contributed by atoms with Gasteiger partial charge in [-0.1, -0.05) is 19.3 Å². The largest absolute Gasteiger partial charge is 0.328 e. The maximum absolute atomic E-state index is 9.20. The molecule has 0 aliphatic heterocycles. The van der Waals surface area contributed by atoms with E-state index in [9.17, 15) is 10.5 Å². The Morgan fingerprint density at radius 2 is 1.24 bits per heavy atom. The molecule has 2 rings (SSSR count). The Kier molecular flexibility index (Phi) is 9.11. The van der Waals surface area contributed by atoms with E-state index in [0.29, 0.717) is 12.5 Å². The van der Waals surface area contributed by atoms with Crippen LogP contribution in [-0.4, -0.2) is 41.1 Å². The first kappa shape index (κ1) is 23.4. The van der Waals surface area contributed by atoms with Crippen molar-refractivity contribution in [3.8, 4) is 30.3 Å². The zero-order chi connectivity index (χ0) is 18.3. The Balaban J connectivity index is 0.000000603. The smallest absolute Gasteiger partial charge is 0.206 e. The molecule has 0 aromatic rings. The molecule has 1 atom stereocenters. The van der Waals surface area contributed by atoms with E-state index in [1.54, 1.807) is 30.3 Å². The normalized spacial score (nSPS) is 26.4. The van der Waals surface area contributed by atoms with Crippen LogP contribution >= 0.6 is 0 Å². The van der Waals surface area contributed by atoms with E-state index < -0.39 is 16.4 Å². The minimum Gasteiger partial charge on any atom is -0.328 e. The van der Waals surface area contributed by atoms with Crippen molar-refractivity contribution in [2.24, 2.45) is 22.3 Å². The summed E-state index contributed by atoms with van der Waals surface area (Å²) in [6, 6.07) is 8.98. The van der Waals surface area contributed by atoms with Crippen molar-refractivity contribution < 1.29 is 0 Å². The summed E-state index contributed by atoms with van der Waals surface area (Å²) >= 11 is 0. The molecule has 2 aliphatic rings. The Bertz CT molecular complexity index is 636. The summed E-state index contributed by atoms with van der Waals surface area (Å²) in [6.45, 7) is 0. The van der Waals surface area contributed by atoms with Crippen LogP contribution in [0, 0.1) is 67.5 Å². The number of rotatable bonds is 0. The minimum atomic E-state index is -2.11. The van der Waals surface area contributed by atoms with Gasteiger partial charge in [-0.25, -0.2) is 0 Å². The first-order chi connectivity index (χ1) is 11.4. The van der Waals surface area contributed by atoms with E-state index in [0.717, 1.165) is 0 Å². The number of nitrogens with two attached hydrogens (primary N) is 2. The van der Waals surface area contributed by atoms with Crippen molar-refractivity contribution in [3.05, 3.63) is 0 Å². The van der Waals surface area contributed by atoms with Crippen LogP contribution in [0.4, 0.5) is 0 Å². The number of hydrogen-bond donors (Lipinski definition) is 2. The van der Waals surface area contributed by atoms with Gasteiger partial charge in [-0.05, 0) is 32.1 Å². The van der Waals surface area contributed by atoms with Gasteiger partial charge in [0, 0.05) is 35.6 Å². The van der Waals surface area contributed by atoms with Gasteiger partial charge in [-0.2, -0.15) is 26.3 Å². The molecule has 4 N–H and O–H groups in total. The molecule has 125 valence electrons. The molecule has 25 heavy (non-hydrogen) atoms. The second-order valence-corrected chi connectivity index (χ2v) is 6.44. The molecular weight excluding hydrogens is 325 g/mol. The first-order valence-corrected chi connectivity index (χ1v) is 8.01. The second-order valence-electron chi connectivity index (χ2n) is 6.44. The van der Waals surface area contributed by atoms with Gasteiger partial charge in [0.15, 0.2) is 5.41 Å². The number of nitriles is 5. The number of hydrogen-bond acceptors (Lipinski definition) is 7. The summed E-state index contributed by atoms with van der Waals surface area (Å²) < 4.78 is 0. The standard InChI is InChI=1S/C11H8N6.C6H13N.Na/c12-4-9(5-13)2-1-3-11(17,8-16)10(9,6-14)7-15;7-6-4-2-1-3-5-6;/h1-3,17H2;6H,1-5,7H2;. The van der Waals surface area contributed by atoms with Crippen LogP contribution in [-0.2, 0) is 0 Å². The molecule has 0 bridgehead atoms. The summed E-state index contributed by atoms with van der Waals surface area (Å²) in [5.74, 6) is 0. The van der Waals surface area contributed by atoms with Crippen molar-refractivity contribution in [2.45, 2.75) is 62.9 Å². The van der Waals surface area contributed by atoms with Crippen LogP contribution in [0.25, 0.3) is 0 Å². The van der Waals surface area contributed by atoms with Crippen molar-refractivity contribution in [3.63, 3.8) is 0 Å². The zero-order valence-corrected chi connectivity index (χ0v) is 16.6. The average molecular weight is 346 g/mol. The third kappa shape index (κ3) is 4.14. The fraction of sp³-hybridized carbons (Fsp3) is 0.706. The molecule has 0 amide bonds. The van der Waals surface area contributed by atoms with Crippen LogP contribution in [0.2, 0.25) is 0 Å². The quantitative estimate of drug-likeness (QED) is 0.623. The topological polar surface area (TPSA) is 171 Å². The molecule has 0 heterocycles. The summed E-state index contributed by atoms with van der Waals surface area (Å²) in [6.07, 6.45) is 7.21. The Morgan fingerprint density at radius 1 is 0.720 bits per heavy atom. The molecule has 8 heteroatoms. The van der Waals surface area contributed by atoms with Gasteiger partial charge in [0.25, 0.3) is 0 Å². The van der Waals surface area contributed by atoms with Crippen molar-refractivity contribution in [1.29, 1.82) is 26.3 Å². The van der Waals surface area contributed by atoms with Gasteiger partial charge < -0.3 is 11.5 Å². The molecule has 0 spiro atoms. The molecule has 7 nitrogen and oxygen atoms in total. The number of nitrogens with zero attached hydrogens (tertiary/aromatic N) is 5. The summed E-state index contributed by atoms with van der Waals surface area (Å²) in [4.78, 5) is 0. The third-order valence-electron chi connectivity index (χ3n) is 5.00. The average Bonchev–Trinajstić information content (AvgIpc) is 2.62. The minimum absolute atomic E-state index is 0. The van der Waals surface area contributed by atoms with Gasteiger partial charge in [0.1, 0.15) is 5.54 Å². The molecule has 1 unspecified atom stereocenters. The van der Waals surface area contributed by atoms with Gasteiger partial charge in [0.2, 0.25) is 5.41 Å². The fourth-order valence-electron chi connectivity index (χ4n) is 3.38. The second kappa shape index (κ2) is 9.75. The van der Waals surface area contributed by atoms with E-state index >= 15 is 0 Å². The fourth-order valence-corrected chi connectivity index (χ4v) is 3.38. The molecule has 2 aliphatic carbocycles. The molecule has 0 aromatic heterocycles. The molecule has 2 fully saturated rings. The predicted octanol–water partition coefficient (Wildman–Crippen LogP) is 1.36. The summed E-state index contributed by atoms with van der Waals surface area (Å²) in [7, 11) is 0. The van der Waals surface area contributed by atoms with Crippen LogP contribution in [0.3, 0.4) is 0 Å². The van der Waals surface area contributed by atoms with E-state index in [1.807, 2.05) is 0 Å². The Morgan fingerprint density at radius 3 is 1.56 bits per heavy atom. The van der Waals surface area contributed by atoms with Gasteiger partial charge >= 0.3 is 0 Å². The van der Waals surface area contributed by atoms with Crippen molar-refractivity contribution in [2.75, 3.05) is 0 Å². The Labute approximate surface area is 171 Å². The van der Waals surface area contributed by atoms with E-state index in [1.165, 1.54) is 32.1 Å². The first-order valence-electron chi connectivity index (χ1n) is 8.01. The maximum atomic E-state index is 9.20. The molecule has 0 aromatic carbocycles. The SMILES string of the molecule is N#CC1(N)CCCC(C#N)(C#N)C1(C#N)C#N.NC1CCCCC1.[Na].